The number of ketones is 1. The predicted octanol–water partition coefficient (Wildman–Crippen LogP) is 8.10. The Bertz CT molecular complexity index is 2370. The number of amides is 2. The number of methoxy groups -OCH3 is 1. The average molecular weight is 839 g/mol. The zero-order chi connectivity index (χ0) is 41.5. The maximum Gasteiger partial charge on any atom is 0.240 e. The second-order valence-corrected chi connectivity index (χ2v) is 20.1. The molecule has 312 valence electrons. The number of rotatable bonds is 10. The molecule has 4 aliphatic rings. The fourth-order valence-electron chi connectivity index (χ4n) is 8.88. The van der Waals surface area contributed by atoms with Crippen LogP contribution in [0.5, 0.6) is 11.5 Å². The number of hydrogen-bond acceptors (Lipinski definition) is 10. The molecule has 2 saturated carbocycles. The van der Waals surface area contributed by atoms with Gasteiger partial charge in [0.05, 0.1) is 41.6 Å². The number of Topliss-reactive ketones (excluding diaryl/α,β-unsaturated/α-hetero) is 1. The standard InChI is InChI=1S/C46H54N4O7S2/c1-28(2)37-27-58-43(48-37)36-23-41(35-19-20-40(56-4)29(3)42(35)47-36)57-33-22-38-39(51)25-46(45(53)49-59(54,55)34-17-18-34)24-32(46)16-12-7-5-6-11-15-31(44(52)50(38)26-33)21-30-13-9-8-10-14-30/h8-10,12-14,16,19-20,23,27-28,31-34,38H,5-7,11,15,17-18,21-22,24-26H2,1-4H3,(H,49,53)/b16-12-/t31-,32-,33-,38+,46-/m1/s1. The number of aryl methyl sites for hydroxylation is 1. The number of carbonyl (C=O) groups excluding carboxylic acids is 3. The van der Waals surface area contributed by atoms with Crippen molar-refractivity contribution in [2.75, 3.05) is 13.7 Å². The van der Waals surface area contributed by atoms with Gasteiger partial charge < -0.3 is 14.4 Å². The highest BCUT2D eigenvalue weighted by Crippen LogP contribution is 2.57. The zero-order valence-electron chi connectivity index (χ0n) is 34.3. The normalized spacial score (nSPS) is 25.8. The molecule has 8 rings (SSSR count). The molecular weight excluding hydrogens is 785 g/mol. The Labute approximate surface area is 351 Å². The first-order valence-corrected chi connectivity index (χ1v) is 23.5. The maximum absolute atomic E-state index is 14.9. The largest absolute Gasteiger partial charge is 0.496 e. The summed E-state index contributed by atoms with van der Waals surface area (Å²) in [5.74, 6) is -0.0818. The molecule has 2 aromatic heterocycles. The van der Waals surface area contributed by atoms with Crippen LogP contribution in [0.15, 0.2) is 66.1 Å². The fourth-order valence-corrected chi connectivity index (χ4v) is 11.2. The first-order chi connectivity index (χ1) is 28.4. The summed E-state index contributed by atoms with van der Waals surface area (Å²) >= 11 is 1.52. The first-order valence-electron chi connectivity index (χ1n) is 21.1. The number of thiazole rings is 1. The van der Waals surface area contributed by atoms with Crippen molar-refractivity contribution in [1.29, 1.82) is 0 Å². The molecule has 3 fully saturated rings. The summed E-state index contributed by atoms with van der Waals surface area (Å²) in [5, 5.41) is 3.01. The van der Waals surface area contributed by atoms with Gasteiger partial charge in [-0.3, -0.25) is 19.1 Å². The summed E-state index contributed by atoms with van der Waals surface area (Å²) in [4.78, 5) is 55.3. The molecule has 4 aromatic rings. The van der Waals surface area contributed by atoms with Crippen LogP contribution in [0.2, 0.25) is 0 Å². The Morgan fingerprint density at radius 2 is 1.83 bits per heavy atom. The van der Waals surface area contributed by atoms with Crippen molar-refractivity contribution >= 4 is 49.9 Å². The van der Waals surface area contributed by atoms with Gasteiger partial charge in [-0.15, -0.1) is 11.3 Å². The Morgan fingerprint density at radius 3 is 2.56 bits per heavy atom. The van der Waals surface area contributed by atoms with Crippen molar-refractivity contribution in [3.05, 3.63) is 82.9 Å². The number of aromatic nitrogens is 2. The van der Waals surface area contributed by atoms with Gasteiger partial charge in [0.2, 0.25) is 21.8 Å². The lowest BCUT2D eigenvalue weighted by Gasteiger charge is -2.29. The van der Waals surface area contributed by atoms with E-state index in [-0.39, 0.29) is 48.8 Å². The van der Waals surface area contributed by atoms with Crippen molar-refractivity contribution in [2.45, 2.75) is 115 Å². The molecule has 0 bridgehead atoms. The van der Waals surface area contributed by atoms with E-state index in [2.05, 4.69) is 24.6 Å². The summed E-state index contributed by atoms with van der Waals surface area (Å²) in [6.07, 6.45) is 9.75. The topological polar surface area (TPSA) is 145 Å². The third-order valence-corrected chi connectivity index (χ3v) is 15.4. The minimum absolute atomic E-state index is 0.0988. The minimum atomic E-state index is -3.83. The molecule has 0 unspecified atom stereocenters. The lowest BCUT2D eigenvalue weighted by Crippen LogP contribution is -2.46. The van der Waals surface area contributed by atoms with E-state index in [1.165, 1.54) is 11.3 Å². The van der Waals surface area contributed by atoms with Crippen LogP contribution in [0.4, 0.5) is 0 Å². The summed E-state index contributed by atoms with van der Waals surface area (Å²) in [6, 6.07) is 14.8. The van der Waals surface area contributed by atoms with Crippen LogP contribution in [0.1, 0.15) is 101 Å². The van der Waals surface area contributed by atoms with Gasteiger partial charge in [-0.1, -0.05) is 69.2 Å². The molecule has 1 saturated heterocycles. The molecule has 1 N–H and O–H groups in total. The molecule has 13 heteroatoms. The van der Waals surface area contributed by atoms with Gasteiger partial charge in [-0.2, -0.15) is 0 Å². The molecule has 2 aliphatic carbocycles. The van der Waals surface area contributed by atoms with E-state index in [0.29, 0.717) is 54.8 Å². The van der Waals surface area contributed by atoms with E-state index >= 15 is 0 Å². The quantitative estimate of drug-likeness (QED) is 0.157. The molecule has 5 atom stereocenters. The lowest BCUT2D eigenvalue weighted by molar-refractivity contribution is -0.142. The second-order valence-electron chi connectivity index (χ2n) is 17.2. The summed E-state index contributed by atoms with van der Waals surface area (Å²) in [6.45, 7) is 6.35. The minimum Gasteiger partial charge on any atom is -0.496 e. The molecule has 59 heavy (non-hydrogen) atoms. The molecule has 2 aliphatic heterocycles. The zero-order valence-corrected chi connectivity index (χ0v) is 35.9. The van der Waals surface area contributed by atoms with Crippen LogP contribution < -0.4 is 14.2 Å². The summed E-state index contributed by atoms with van der Waals surface area (Å²) < 4.78 is 40.9. The van der Waals surface area contributed by atoms with E-state index in [4.69, 9.17) is 19.4 Å². The number of nitrogens with zero attached hydrogens (tertiary/aromatic N) is 3. The number of nitrogens with one attached hydrogen (secondary N) is 1. The van der Waals surface area contributed by atoms with Crippen LogP contribution in [-0.2, 0) is 30.8 Å². The summed E-state index contributed by atoms with van der Waals surface area (Å²) in [7, 11) is -2.20. The first kappa shape index (κ1) is 41.1. The number of allylic oxidation sites excluding steroid dienone is 2. The van der Waals surface area contributed by atoms with Crippen molar-refractivity contribution in [2.24, 2.45) is 17.3 Å². The maximum atomic E-state index is 14.9. The monoisotopic (exact) mass is 838 g/mol. The molecule has 0 radical (unpaired) electrons. The average Bonchev–Trinajstić information content (AvgIpc) is 4.09. The molecule has 2 aromatic carbocycles. The van der Waals surface area contributed by atoms with Gasteiger partial charge in [0.15, 0.2) is 5.78 Å². The number of pyridine rings is 1. The Kier molecular flexibility index (Phi) is 11.7. The van der Waals surface area contributed by atoms with Crippen molar-refractivity contribution < 1.29 is 32.3 Å². The van der Waals surface area contributed by atoms with E-state index < -0.39 is 38.7 Å². The van der Waals surface area contributed by atoms with E-state index in [0.717, 1.165) is 52.9 Å². The number of sulfonamides is 1. The SMILES string of the molecule is COc1ccc2c(O[C@@H]3C[C@H]4C(=O)C[C@]5(C(=O)NS(=O)(=O)C6CC6)C[C@H]5/C=C\CCCCC[C@H](Cc5ccccc5)C(=O)N4C3)cc(-c3nc(C(C)C)cs3)nc2c1C. The summed E-state index contributed by atoms with van der Waals surface area (Å²) in [5.41, 5.74) is 3.06. The fraction of sp³-hybridized carbons (Fsp3) is 0.500. The van der Waals surface area contributed by atoms with Crippen LogP contribution in [-0.4, -0.2) is 71.9 Å². The van der Waals surface area contributed by atoms with Gasteiger partial charge >= 0.3 is 0 Å². The number of ether oxygens (including phenoxy) is 2. The van der Waals surface area contributed by atoms with Gasteiger partial charge in [0.1, 0.15) is 28.3 Å². The highest BCUT2D eigenvalue weighted by Gasteiger charge is 2.61. The smallest absolute Gasteiger partial charge is 0.240 e. The highest BCUT2D eigenvalue weighted by atomic mass is 32.2. The van der Waals surface area contributed by atoms with Crippen molar-refractivity contribution in [1.82, 2.24) is 19.6 Å². The van der Waals surface area contributed by atoms with Crippen LogP contribution in [0.3, 0.4) is 0 Å². The van der Waals surface area contributed by atoms with E-state index in [1.54, 1.807) is 12.0 Å². The van der Waals surface area contributed by atoms with Gasteiger partial charge in [0, 0.05) is 41.2 Å². The highest BCUT2D eigenvalue weighted by molar-refractivity contribution is 7.90. The lowest BCUT2D eigenvalue weighted by atomic mass is 9.90. The molecule has 4 heterocycles. The molecule has 11 nitrogen and oxygen atoms in total. The van der Waals surface area contributed by atoms with Gasteiger partial charge in [-0.05, 0) is 81.4 Å². The molecule has 2 amide bonds. The van der Waals surface area contributed by atoms with E-state index in [1.807, 2.05) is 66.9 Å². The third kappa shape index (κ3) is 8.68. The number of carbonyl (C=O) groups is 3. The predicted molar refractivity (Wildman–Crippen MR) is 229 cm³/mol. The number of fused-ring (bicyclic) bond motifs is 3. The van der Waals surface area contributed by atoms with Crippen molar-refractivity contribution in [3.8, 4) is 22.2 Å². The molecular formula is C46H54N4O7S2. The second kappa shape index (κ2) is 16.8. The Morgan fingerprint density at radius 1 is 1.03 bits per heavy atom. The molecule has 0 spiro atoms. The van der Waals surface area contributed by atoms with Crippen LogP contribution in [0, 0.1) is 24.2 Å². The van der Waals surface area contributed by atoms with Crippen LogP contribution in [0.25, 0.3) is 21.6 Å². The Hall–Kier alpha value is -4.62. The van der Waals surface area contributed by atoms with Gasteiger partial charge in [0.25, 0.3) is 0 Å². The van der Waals surface area contributed by atoms with Crippen molar-refractivity contribution in [3.63, 3.8) is 0 Å². The number of benzene rings is 2. The third-order valence-electron chi connectivity index (χ3n) is 12.7. The van der Waals surface area contributed by atoms with Gasteiger partial charge in [-0.25, -0.2) is 18.4 Å². The van der Waals surface area contributed by atoms with Crippen LogP contribution >= 0.6 is 11.3 Å². The Balaban J connectivity index is 1.15. The number of hydrogen-bond donors (Lipinski definition) is 1. The van der Waals surface area contributed by atoms with E-state index in [9.17, 15) is 22.8 Å².